The lowest BCUT2D eigenvalue weighted by atomic mass is 10.1. The standard InChI is InChI=1S/C15H14BrClFNO/c1-9(19)13-7-11(16)2-5-15(13)20-8-10-6-12(18)3-4-14(10)17/h2-7,9H,8,19H2,1H3. The van der Waals surface area contributed by atoms with Crippen molar-refractivity contribution >= 4 is 27.5 Å². The Balaban J connectivity index is 2.20. The first-order valence-corrected chi connectivity index (χ1v) is 7.26. The van der Waals surface area contributed by atoms with Gasteiger partial charge >= 0.3 is 0 Å². The highest BCUT2D eigenvalue weighted by Gasteiger charge is 2.10. The van der Waals surface area contributed by atoms with Crippen LogP contribution in [0.15, 0.2) is 40.9 Å². The second-order valence-electron chi connectivity index (χ2n) is 4.50. The number of hydrogen-bond donors (Lipinski definition) is 1. The minimum atomic E-state index is -0.337. The molecule has 0 bridgehead atoms. The molecule has 0 aliphatic heterocycles. The summed E-state index contributed by atoms with van der Waals surface area (Å²) in [6.07, 6.45) is 0. The van der Waals surface area contributed by atoms with E-state index in [4.69, 9.17) is 22.1 Å². The lowest BCUT2D eigenvalue weighted by Crippen LogP contribution is -2.08. The molecule has 20 heavy (non-hydrogen) atoms. The largest absolute Gasteiger partial charge is 0.489 e. The van der Waals surface area contributed by atoms with Gasteiger partial charge in [-0.25, -0.2) is 4.39 Å². The van der Waals surface area contributed by atoms with Crippen LogP contribution in [0, 0.1) is 5.82 Å². The first-order valence-electron chi connectivity index (χ1n) is 6.09. The molecule has 2 nitrogen and oxygen atoms in total. The van der Waals surface area contributed by atoms with Crippen molar-refractivity contribution in [3.05, 3.63) is 62.8 Å². The molecule has 2 rings (SSSR count). The van der Waals surface area contributed by atoms with Crippen molar-refractivity contribution in [1.82, 2.24) is 0 Å². The highest BCUT2D eigenvalue weighted by atomic mass is 79.9. The molecule has 1 atom stereocenters. The molecule has 2 N–H and O–H groups in total. The van der Waals surface area contributed by atoms with Gasteiger partial charge in [0.15, 0.2) is 0 Å². The molecule has 0 radical (unpaired) electrons. The number of hydrogen-bond acceptors (Lipinski definition) is 2. The van der Waals surface area contributed by atoms with Gasteiger partial charge in [-0.05, 0) is 43.3 Å². The van der Waals surface area contributed by atoms with Crippen molar-refractivity contribution < 1.29 is 9.13 Å². The van der Waals surface area contributed by atoms with E-state index in [0.717, 1.165) is 10.0 Å². The zero-order valence-corrected chi connectivity index (χ0v) is 13.2. The van der Waals surface area contributed by atoms with Crippen LogP contribution in [0.3, 0.4) is 0 Å². The summed E-state index contributed by atoms with van der Waals surface area (Å²) >= 11 is 9.41. The van der Waals surface area contributed by atoms with Gasteiger partial charge in [0.2, 0.25) is 0 Å². The van der Waals surface area contributed by atoms with Crippen LogP contribution in [0.1, 0.15) is 24.1 Å². The van der Waals surface area contributed by atoms with Gasteiger partial charge in [-0.15, -0.1) is 0 Å². The highest BCUT2D eigenvalue weighted by molar-refractivity contribution is 9.10. The number of benzene rings is 2. The monoisotopic (exact) mass is 357 g/mol. The van der Waals surface area contributed by atoms with Gasteiger partial charge in [-0.3, -0.25) is 0 Å². The maximum absolute atomic E-state index is 13.2. The van der Waals surface area contributed by atoms with Crippen LogP contribution in [0.2, 0.25) is 5.02 Å². The Kier molecular flexibility index (Phi) is 5.02. The molecular formula is C15H14BrClFNO. The van der Waals surface area contributed by atoms with E-state index < -0.39 is 0 Å². The average Bonchev–Trinajstić information content (AvgIpc) is 2.40. The zero-order valence-electron chi connectivity index (χ0n) is 10.9. The predicted octanol–water partition coefficient (Wildman–Crippen LogP) is 4.84. The number of nitrogens with two attached hydrogens (primary N) is 1. The van der Waals surface area contributed by atoms with Crippen LogP contribution in [0.4, 0.5) is 4.39 Å². The predicted molar refractivity (Wildman–Crippen MR) is 82.5 cm³/mol. The van der Waals surface area contributed by atoms with Crippen LogP contribution in [-0.2, 0) is 6.61 Å². The van der Waals surface area contributed by atoms with Gasteiger partial charge in [0.1, 0.15) is 18.2 Å². The molecule has 106 valence electrons. The SMILES string of the molecule is CC(N)c1cc(Br)ccc1OCc1cc(F)ccc1Cl. The summed E-state index contributed by atoms with van der Waals surface area (Å²) in [4.78, 5) is 0. The average molecular weight is 359 g/mol. The molecule has 0 saturated heterocycles. The zero-order chi connectivity index (χ0) is 14.7. The van der Waals surface area contributed by atoms with Crippen molar-refractivity contribution in [3.63, 3.8) is 0 Å². The van der Waals surface area contributed by atoms with Crippen LogP contribution < -0.4 is 10.5 Å². The summed E-state index contributed by atoms with van der Waals surface area (Å²) in [6.45, 7) is 2.07. The number of ether oxygens (including phenoxy) is 1. The van der Waals surface area contributed by atoms with E-state index in [1.165, 1.54) is 18.2 Å². The Morgan fingerprint density at radius 1 is 1.30 bits per heavy atom. The second kappa shape index (κ2) is 6.57. The molecular weight excluding hydrogens is 345 g/mol. The first kappa shape index (κ1) is 15.3. The maximum Gasteiger partial charge on any atom is 0.124 e. The lowest BCUT2D eigenvalue weighted by molar-refractivity contribution is 0.301. The van der Waals surface area contributed by atoms with Gasteiger partial charge in [0, 0.05) is 26.7 Å². The Morgan fingerprint density at radius 3 is 2.75 bits per heavy atom. The van der Waals surface area contributed by atoms with E-state index in [-0.39, 0.29) is 18.5 Å². The molecule has 0 saturated carbocycles. The Morgan fingerprint density at radius 2 is 2.05 bits per heavy atom. The highest BCUT2D eigenvalue weighted by Crippen LogP contribution is 2.29. The third kappa shape index (κ3) is 3.72. The summed E-state index contributed by atoms with van der Waals surface area (Å²) < 4.78 is 19.8. The Labute approximate surface area is 130 Å². The van der Waals surface area contributed by atoms with E-state index in [2.05, 4.69) is 15.9 Å². The van der Waals surface area contributed by atoms with E-state index in [0.29, 0.717) is 16.3 Å². The molecule has 0 spiro atoms. The lowest BCUT2D eigenvalue weighted by Gasteiger charge is -2.15. The summed E-state index contributed by atoms with van der Waals surface area (Å²) in [5.41, 5.74) is 7.40. The Hall–Kier alpha value is -1.10. The van der Waals surface area contributed by atoms with Crippen LogP contribution in [-0.4, -0.2) is 0 Å². The molecule has 0 amide bonds. The van der Waals surface area contributed by atoms with Gasteiger partial charge in [0.05, 0.1) is 0 Å². The molecule has 0 aromatic heterocycles. The van der Waals surface area contributed by atoms with Crippen molar-refractivity contribution in [2.75, 3.05) is 0 Å². The molecule has 1 unspecified atom stereocenters. The fourth-order valence-corrected chi connectivity index (χ4v) is 2.37. The third-order valence-electron chi connectivity index (χ3n) is 2.85. The summed E-state index contributed by atoms with van der Waals surface area (Å²) in [5, 5.41) is 0.478. The van der Waals surface area contributed by atoms with Crippen molar-refractivity contribution in [3.8, 4) is 5.75 Å². The van der Waals surface area contributed by atoms with Gasteiger partial charge < -0.3 is 10.5 Å². The normalized spacial score (nSPS) is 12.2. The first-order chi connectivity index (χ1) is 9.47. The molecule has 0 fully saturated rings. The number of halogens is 3. The molecule has 5 heteroatoms. The maximum atomic E-state index is 13.2. The Bertz CT molecular complexity index is 619. The van der Waals surface area contributed by atoms with E-state index in [1.54, 1.807) is 0 Å². The molecule has 0 aliphatic rings. The van der Waals surface area contributed by atoms with Crippen molar-refractivity contribution in [2.24, 2.45) is 5.73 Å². The minimum Gasteiger partial charge on any atom is -0.489 e. The van der Waals surface area contributed by atoms with E-state index in [1.807, 2.05) is 25.1 Å². The van der Waals surface area contributed by atoms with E-state index in [9.17, 15) is 4.39 Å². The third-order valence-corrected chi connectivity index (χ3v) is 3.72. The van der Waals surface area contributed by atoms with E-state index >= 15 is 0 Å². The van der Waals surface area contributed by atoms with Crippen molar-refractivity contribution in [1.29, 1.82) is 0 Å². The van der Waals surface area contributed by atoms with Crippen LogP contribution in [0.5, 0.6) is 5.75 Å². The van der Waals surface area contributed by atoms with Crippen LogP contribution >= 0.6 is 27.5 Å². The molecule has 0 heterocycles. The van der Waals surface area contributed by atoms with Gasteiger partial charge in [0.25, 0.3) is 0 Å². The number of rotatable bonds is 4. The summed E-state index contributed by atoms with van der Waals surface area (Å²) in [5.74, 6) is 0.333. The fourth-order valence-electron chi connectivity index (χ4n) is 1.82. The van der Waals surface area contributed by atoms with Gasteiger partial charge in [-0.2, -0.15) is 0 Å². The van der Waals surface area contributed by atoms with Crippen molar-refractivity contribution in [2.45, 2.75) is 19.6 Å². The second-order valence-corrected chi connectivity index (χ2v) is 5.82. The summed E-state index contributed by atoms with van der Waals surface area (Å²) in [6, 6.07) is 9.65. The molecule has 0 aliphatic carbocycles. The van der Waals surface area contributed by atoms with Crippen LogP contribution in [0.25, 0.3) is 0 Å². The minimum absolute atomic E-state index is 0.162. The molecule has 2 aromatic rings. The quantitative estimate of drug-likeness (QED) is 0.848. The topological polar surface area (TPSA) is 35.2 Å². The summed E-state index contributed by atoms with van der Waals surface area (Å²) in [7, 11) is 0. The van der Waals surface area contributed by atoms with Gasteiger partial charge in [-0.1, -0.05) is 27.5 Å². The fraction of sp³-hybridized carbons (Fsp3) is 0.200. The smallest absolute Gasteiger partial charge is 0.124 e. The molecule has 2 aromatic carbocycles.